The number of nitrogens with one attached hydrogen (secondary N) is 1. The summed E-state index contributed by atoms with van der Waals surface area (Å²) in [6.45, 7) is 4.01. The summed E-state index contributed by atoms with van der Waals surface area (Å²) in [5.41, 5.74) is 5.30. The summed E-state index contributed by atoms with van der Waals surface area (Å²) >= 11 is 0. The van der Waals surface area contributed by atoms with Crippen LogP contribution < -0.4 is 11.1 Å². The maximum absolute atomic E-state index is 12.9. The van der Waals surface area contributed by atoms with Crippen molar-refractivity contribution in [3.8, 4) is 0 Å². The van der Waals surface area contributed by atoms with Crippen LogP contribution in [0.1, 0.15) is 58.8 Å². The van der Waals surface area contributed by atoms with Crippen LogP contribution in [0.15, 0.2) is 0 Å². The molecule has 0 saturated heterocycles. The molecule has 3 N–H and O–H groups in total. The molecule has 0 heterocycles. The second-order valence-electron chi connectivity index (χ2n) is 7.94. The van der Waals surface area contributed by atoms with Gasteiger partial charge in [-0.3, -0.25) is 9.59 Å². The Hall–Kier alpha value is -1.06. The quantitative estimate of drug-likeness (QED) is 0.815. The van der Waals surface area contributed by atoms with Crippen molar-refractivity contribution in [2.24, 2.45) is 34.8 Å². The minimum atomic E-state index is -0.518. The highest BCUT2D eigenvalue weighted by Gasteiger charge is 2.55. The molecule has 2 atom stereocenters. The molecule has 4 fully saturated rings. The first-order chi connectivity index (χ1) is 9.93. The third-order valence-electron chi connectivity index (χ3n) is 6.33. The fraction of sp³-hybridized carbons (Fsp3) is 0.882. The lowest BCUT2D eigenvalue weighted by Crippen LogP contribution is -2.58. The Labute approximate surface area is 127 Å². The average molecular weight is 292 g/mol. The molecular formula is C17H28N2O2. The fourth-order valence-corrected chi connectivity index (χ4v) is 5.41. The molecule has 4 heteroatoms. The van der Waals surface area contributed by atoms with Crippen molar-refractivity contribution in [3.05, 3.63) is 0 Å². The zero-order chi connectivity index (χ0) is 15.2. The van der Waals surface area contributed by atoms with Crippen molar-refractivity contribution < 1.29 is 9.59 Å². The van der Waals surface area contributed by atoms with E-state index in [1.807, 2.05) is 13.8 Å². The van der Waals surface area contributed by atoms with Crippen LogP contribution in [0.4, 0.5) is 0 Å². The van der Waals surface area contributed by atoms with Crippen molar-refractivity contribution in [2.45, 2.75) is 64.8 Å². The van der Waals surface area contributed by atoms with E-state index in [-0.39, 0.29) is 17.2 Å². The topological polar surface area (TPSA) is 72.2 Å². The van der Waals surface area contributed by atoms with E-state index in [1.165, 1.54) is 19.3 Å². The number of amides is 2. The Morgan fingerprint density at radius 3 is 2.00 bits per heavy atom. The summed E-state index contributed by atoms with van der Waals surface area (Å²) in [4.78, 5) is 24.6. The van der Waals surface area contributed by atoms with Gasteiger partial charge in [-0.2, -0.15) is 0 Å². The molecule has 21 heavy (non-hydrogen) atoms. The highest BCUT2D eigenvalue weighted by Crippen LogP contribution is 2.60. The SMILES string of the molecule is CC[C@H](C)[C@H](NC(=O)C12CC3CC(CC(C3)C1)C2)C(N)=O. The molecule has 0 aromatic rings. The van der Waals surface area contributed by atoms with Crippen LogP contribution >= 0.6 is 0 Å². The van der Waals surface area contributed by atoms with Gasteiger partial charge in [0.1, 0.15) is 6.04 Å². The zero-order valence-electron chi connectivity index (χ0n) is 13.2. The molecule has 0 radical (unpaired) electrons. The Balaban J connectivity index is 1.74. The molecule has 0 aromatic carbocycles. The van der Waals surface area contributed by atoms with Crippen LogP contribution in [0.2, 0.25) is 0 Å². The van der Waals surface area contributed by atoms with E-state index in [4.69, 9.17) is 5.73 Å². The van der Waals surface area contributed by atoms with Crippen molar-refractivity contribution in [3.63, 3.8) is 0 Å². The largest absolute Gasteiger partial charge is 0.368 e. The van der Waals surface area contributed by atoms with E-state index in [1.54, 1.807) is 0 Å². The molecule has 0 unspecified atom stereocenters. The molecular weight excluding hydrogens is 264 g/mol. The first-order valence-electron chi connectivity index (χ1n) is 8.54. The predicted molar refractivity (Wildman–Crippen MR) is 81.2 cm³/mol. The van der Waals surface area contributed by atoms with E-state index in [9.17, 15) is 9.59 Å². The summed E-state index contributed by atoms with van der Waals surface area (Å²) in [7, 11) is 0. The summed E-state index contributed by atoms with van der Waals surface area (Å²) in [5.74, 6) is 2.00. The maximum Gasteiger partial charge on any atom is 0.240 e. The number of primary amides is 1. The molecule has 4 aliphatic rings. The van der Waals surface area contributed by atoms with Gasteiger partial charge in [-0.15, -0.1) is 0 Å². The summed E-state index contributed by atoms with van der Waals surface area (Å²) < 4.78 is 0. The van der Waals surface area contributed by atoms with E-state index in [2.05, 4.69) is 5.32 Å². The van der Waals surface area contributed by atoms with Gasteiger partial charge in [0.25, 0.3) is 0 Å². The number of carbonyl (C=O) groups is 2. The van der Waals surface area contributed by atoms with Gasteiger partial charge in [-0.25, -0.2) is 0 Å². The number of hydrogen-bond acceptors (Lipinski definition) is 2. The minimum absolute atomic E-state index is 0.0976. The predicted octanol–water partition coefficient (Wildman–Crippen LogP) is 2.22. The molecule has 0 aliphatic heterocycles. The zero-order valence-corrected chi connectivity index (χ0v) is 13.2. The molecule has 4 rings (SSSR count). The molecule has 4 bridgehead atoms. The third kappa shape index (κ3) is 2.58. The van der Waals surface area contributed by atoms with Gasteiger partial charge in [0.15, 0.2) is 0 Å². The Kier molecular flexibility index (Phi) is 3.74. The van der Waals surface area contributed by atoms with Gasteiger partial charge in [0, 0.05) is 5.41 Å². The number of hydrogen-bond donors (Lipinski definition) is 2. The Morgan fingerprint density at radius 1 is 1.14 bits per heavy atom. The lowest BCUT2D eigenvalue weighted by Gasteiger charge is -2.55. The average Bonchev–Trinajstić information content (AvgIpc) is 2.41. The van der Waals surface area contributed by atoms with Gasteiger partial charge < -0.3 is 11.1 Å². The molecule has 0 spiro atoms. The second-order valence-corrected chi connectivity index (χ2v) is 7.94. The number of nitrogens with two attached hydrogens (primary N) is 1. The van der Waals surface area contributed by atoms with Crippen LogP contribution in [-0.2, 0) is 9.59 Å². The molecule has 4 aliphatic carbocycles. The minimum Gasteiger partial charge on any atom is -0.368 e. The second kappa shape index (κ2) is 5.29. The third-order valence-corrected chi connectivity index (χ3v) is 6.33. The summed E-state index contributed by atoms with van der Waals surface area (Å²) in [6.07, 6.45) is 7.87. The fourth-order valence-electron chi connectivity index (χ4n) is 5.41. The van der Waals surface area contributed by atoms with E-state index >= 15 is 0 Å². The highest BCUT2D eigenvalue weighted by molar-refractivity contribution is 5.89. The standard InChI is InChI=1S/C17H28N2O2/c1-3-10(2)14(15(18)20)19-16(21)17-7-11-4-12(8-17)6-13(5-11)9-17/h10-14H,3-9H2,1-2H3,(H2,18,20)(H,19,21)/t10-,11?,12?,13?,14-,17?/m0/s1. The lowest BCUT2D eigenvalue weighted by molar-refractivity contribution is -0.148. The summed E-state index contributed by atoms with van der Waals surface area (Å²) in [5, 5.41) is 3.01. The number of carbonyl (C=O) groups excluding carboxylic acids is 2. The first-order valence-corrected chi connectivity index (χ1v) is 8.54. The van der Waals surface area contributed by atoms with Crippen LogP contribution in [0.3, 0.4) is 0 Å². The smallest absolute Gasteiger partial charge is 0.240 e. The van der Waals surface area contributed by atoms with Gasteiger partial charge in [-0.1, -0.05) is 20.3 Å². The van der Waals surface area contributed by atoms with Gasteiger partial charge in [-0.05, 0) is 62.2 Å². The summed E-state index contributed by atoms with van der Waals surface area (Å²) in [6, 6.07) is -0.518. The molecule has 4 nitrogen and oxygen atoms in total. The van der Waals surface area contributed by atoms with E-state index in [0.717, 1.165) is 43.4 Å². The van der Waals surface area contributed by atoms with Crippen LogP contribution in [-0.4, -0.2) is 17.9 Å². The van der Waals surface area contributed by atoms with E-state index in [0.29, 0.717) is 0 Å². The maximum atomic E-state index is 12.9. The normalized spacial score (nSPS) is 39.8. The molecule has 2 amide bonds. The Morgan fingerprint density at radius 2 is 1.62 bits per heavy atom. The monoisotopic (exact) mass is 292 g/mol. The van der Waals surface area contributed by atoms with Crippen LogP contribution in [0, 0.1) is 29.1 Å². The van der Waals surface area contributed by atoms with Crippen LogP contribution in [0.5, 0.6) is 0 Å². The molecule has 4 saturated carbocycles. The van der Waals surface area contributed by atoms with Crippen molar-refractivity contribution in [1.82, 2.24) is 5.32 Å². The van der Waals surface area contributed by atoms with Gasteiger partial charge >= 0.3 is 0 Å². The lowest BCUT2D eigenvalue weighted by atomic mass is 9.49. The molecule has 118 valence electrons. The van der Waals surface area contributed by atoms with Gasteiger partial charge in [0.05, 0.1) is 0 Å². The molecule has 0 aromatic heterocycles. The van der Waals surface area contributed by atoms with Gasteiger partial charge in [0.2, 0.25) is 11.8 Å². The van der Waals surface area contributed by atoms with Crippen LogP contribution in [0.25, 0.3) is 0 Å². The van der Waals surface area contributed by atoms with Crippen molar-refractivity contribution >= 4 is 11.8 Å². The Bertz CT molecular complexity index is 411. The van der Waals surface area contributed by atoms with E-state index < -0.39 is 11.9 Å². The first kappa shape index (κ1) is 14.9. The highest BCUT2D eigenvalue weighted by atomic mass is 16.2. The number of rotatable bonds is 5. The van der Waals surface area contributed by atoms with Crippen molar-refractivity contribution in [1.29, 1.82) is 0 Å². The van der Waals surface area contributed by atoms with Crippen molar-refractivity contribution in [2.75, 3.05) is 0 Å².